The van der Waals surface area contributed by atoms with Gasteiger partial charge in [-0.25, -0.2) is 0 Å². The Bertz CT molecular complexity index is 863. The van der Waals surface area contributed by atoms with Gasteiger partial charge in [0.25, 0.3) is 0 Å². The predicted octanol–water partition coefficient (Wildman–Crippen LogP) is 4.83. The van der Waals surface area contributed by atoms with E-state index in [0.29, 0.717) is 30.3 Å². The molecule has 0 fully saturated rings. The molecule has 0 aliphatic heterocycles. The lowest BCUT2D eigenvalue weighted by molar-refractivity contribution is 0.0260. The van der Waals surface area contributed by atoms with Crippen LogP contribution in [0.15, 0.2) is 72.8 Å². The molecule has 1 N–H and O–H groups in total. The molecule has 3 rings (SSSR count). The van der Waals surface area contributed by atoms with Gasteiger partial charge in [0.2, 0.25) is 0 Å². The third kappa shape index (κ3) is 5.12. The van der Waals surface area contributed by atoms with Crippen LogP contribution in [0.2, 0.25) is 0 Å². The summed E-state index contributed by atoms with van der Waals surface area (Å²) in [7, 11) is 1.61. The van der Waals surface area contributed by atoms with Crippen molar-refractivity contribution in [1.29, 1.82) is 0 Å². The number of aliphatic hydroxyl groups is 1. The van der Waals surface area contributed by atoms with Gasteiger partial charge in [0.05, 0.1) is 20.3 Å². The molecule has 0 heterocycles. The zero-order chi connectivity index (χ0) is 19.8. The number of methoxy groups -OCH3 is 1. The Morgan fingerprint density at radius 1 is 0.786 bits per heavy atom. The summed E-state index contributed by atoms with van der Waals surface area (Å²) in [4.78, 5) is 0. The van der Waals surface area contributed by atoms with E-state index in [1.807, 2.05) is 79.7 Å². The van der Waals surface area contributed by atoms with Crippen molar-refractivity contribution < 1.29 is 19.3 Å². The third-order valence-corrected chi connectivity index (χ3v) is 4.52. The van der Waals surface area contributed by atoms with Crippen molar-refractivity contribution in [2.45, 2.75) is 26.2 Å². The second-order valence-corrected chi connectivity index (χ2v) is 6.62. The van der Waals surface area contributed by atoms with Gasteiger partial charge in [-0.1, -0.05) is 72.8 Å². The molecular formula is C24H26O4. The highest BCUT2D eigenvalue weighted by atomic mass is 16.5. The van der Waals surface area contributed by atoms with Crippen LogP contribution >= 0.6 is 0 Å². The maximum absolute atomic E-state index is 10.7. The van der Waals surface area contributed by atoms with E-state index in [1.165, 1.54) is 0 Å². The Morgan fingerprint density at radius 3 is 2.00 bits per heavy atom. The van der Waals surface area contributed by atoms with Gasteiger partial charge in [0, 0.05) is 5.56 Å². The highest BCUT2D eigenvalue weighted by Crippen LogP contribution is 2.38. The van der Waals surface area contributed by atoms with Gasteiger partial charge in [-0.3, -0.25) is 0 Å². The molecule has 3 aromatic carbocycles. The van der Waals surface area contributed by atoms with Gasteiger partial charge in [-0.15, -0.1) is 0 Å². The van der Waals surface area contributed by atoms with Gasteiger partial charge in [-0.05, 0) is 23.6 Å². The molecule has 0 spiro atoms. The smallest absolute Gasteiger partial charge is 0.167 e. The van der Waals surface area contributed by atoms with E-state index in [1.54, 1.807) is 7.11 Å². The van der Waals surface area contributed by atoms with Crippen LogP contribution in [-0.4, -0.2) is 18.8 Å². The number of ether oxygens (including phenoxy) is 3. The van der Waals surface area contributed by atoms with E-state index in [2.05, 4.69) is 0 Å². The van der Waals surface area contributed by atoms with Crippen LogP contribution in [0, 0.1) is 6.92 Å². The minimum Gasteiger partial charge on any atom is -0.493 e. The van der Waals surface area contributed by atoms with Crippen LogP contribution in [0.25, 0.3) is 0 Å². The lowest BCUT2D eigenvalue weighted by Crippen LogP contribution is -2.11. The number of hydrogen-bond acceptors (Lipinski definition) is 4. The Hall–Kier alpha value is -2.82. The summed E-state index contributed by atoms with van der Waals surface area (Å²) in [5.41, 5.74) is 3.72. The van der Waals surface area contributed by atoms with E-state index >= 15 is 0 Å². The first-order valence-electron chi connectivity index (χ1n) is 9.33. The average Bonchev–Trinajstić information content (AvgIpc) is 2.73. The Balaban J connectivity index is 1.73. The van der Waals surface area contributed by atoms with Crippen LogP contribution in [-0.2, 0) is 18.0 Å². The maximum atomic E-state index is 10.7. The monoisotopic (exact) mass is 378 g/mol. The molecular weight excluding hydrogens is 352 g/mol. The van der Waals surface area contributed by atoms with Gasteiger partial charge >= 0.3 is 0 Å². The fraction of sp³-hybridized carbons (Fsp3) is 0.250. The molecule has 0 unspecified atom stereocenters. The molecule has 0 saturated heterocycles. The molecule has 0 aromatic heterocycles. The van der Waals surface area contributed by atoms with Crippen LogP contribution in [0.1, 0.15) is 28.4 Å². The summed E-state index contributed by atoms with van der Waals surface area (Å²) >= 11 is 0. The minimum absolute atomic E-state index is 0.169. The average molecular weight is 378 g/mol. The maximum Gasteiger partial charge on any atom is 0.167 e. The van der Waals surface area contributed by atoms with Crippen molar-refractivity contribution in [2.75, 3.05) is 13.7 Å². The predicted molar refractivity (Wildman–Crippen MR) is 110 cm³/mol. The third-order valence-electron chi connectivity index (χ3n) is 4.52. The van der Waals surface area contributed by atoms with Crippen LogP contribution < -0.4 is 9.47 Å². The zero-order valence-corrected chi connectivity index (χ0v) is 16.3. The highest BCUT2D eigenvalue weighted by Gasteiger charge is 2.20. The standard InChI is InChI=1S/C24H26O4/c1-18-13-14-21(22(25)17-27-15-19-9-5-3-6-10-19)24(23(18)26-2)28-16-20-11-7-4-8-12-20/h3-14,22,25H,15-17H2,1-2H3/t22-/m1/s1. The fourth-order valence-corrected chi connectivity index (χ4v) is 3.02. The zero-order valence-electron chi connectivity index (χ0n) is 16.3. The first kappa shape index (κ1) is 19.9. The quantitative estimate of drug-likeness (QED) is 0.579. The van der Waals surface area contributed by atoms with Crippen molar-refractivity contribution in [3.8, 4) is 11.5 Å². The lowest BCUT2D eigenvalue weighted by atomic mass is 10.0. The van der Waals surface area contributed by atoms with Gasteiger partial charge in [-0.2, -0.15) is 0 Å². The molecule has 28 heavy (non-hydrogen) atoms. The molecule has 0 aliphatic carbocycles. The molecule has 3 aromatic rings. The second kappa shape index (κ2) is 9.93. The van der Waals surface area contributed by atoms with E-state index in [9.17, 15) is 5.11 Å². The molecule has 1 atom stereocenters. The Kier molecular flexibility index (Phi) is 7.06. The Morgan fingerprint density at radius 2 is 1.39 bits per heavy atom. The van der Waals surface area contributed by atoms with E-state index in [4.69, 9.17) is 14.2 Å². The highest BCUT2D eigenvalue weighted by molar-refractivity contribution is 5.52. The topological polar surface area (TPSA) is 47.9 Å². The van der Waals surface area contributed by atoms with Crippen LogP contribution in [0.5, 0.6) is 11.5 Å². The van der Waals surface area contributed by atoms with Gasteiger partial charge in [0.15, 0.2) is 11.5 Å². The molecule has 4 nitrogen and oxygen atoms in total. The van der Waals surface area contributed by atoms with E-state index < -0.39 is 6.10 Å². The summed E-state index contributed by atoms with van der Waals surface area (Å²) in [6.07, 6.45) is -0.816. The van der Waals surface area contributed by atoms with Crippen LogP contribution in [0.4, 0.5) is 0 Å². The number of aliphatic hydroxyl groups excluding tert-OH is 1. The van der Waals surface area contributed by atoms with Gasteiger partial charge in [0.1, 0.15) is 12.7 Å². The number of benzene rings is 3. The molecule has 0 radical (unpaired) electrons. The summed E-state index contributed by atoms with van der Waals surface area (Å²) in [6.45, 7) is 2.96. The molecule has 0 amide bonds. The minimum atomic E-state index is -0.816. The van der Waals surface area contributed by atoms with E-state index in [-0.39, 0.29) is 6.61 Å². The van der Waals surface area contributed by atoms with Crippen molar-refractivity contribution in [2.24, 2.45) is 0 Å². The summed E-state index contributed by atoms with van der Waals surface area (Å²) in [5, 5.41) is 10.7. The van der Waals surface area contributed by atoms with Crippen molar-refractivity contribution in [3.63, 3.8) is 0 Å². The normalized spacial score (nSPS) is 11.8. The largest absolute Gasteiger partial charge is 0.493 e. The second-order valence-electron chi connectivity index (χ2n) is 6.62. The molecule has 0 aliphatic rings. The van der Waals surface area contributed by atoms with Crippen molar-refractivity contribution in [1.82, 2.24) is 0 Å². The number of hydrogen-bond donors (Lipinski definition) is 1. The van der Waals surface area contributed by atoms with Crippen molar-refractivity contribution in [3.05, 3.63) is 95.1 Å². The molecule has 0 saturated carbocycles. The fourth-order valence-electron chi connectivity index (χ4n) is 3.02. The molecule has 0 bridgehead atoms. The SMILES string of the molecule is COc1c(C)ccc([C@H](O)COCc2ccccc2)c1OCc1ccccc1. The summed E-state index contributed by atoms with van der Waals surface area (Å²) < 4.78 is 17.3. The summed E-state index contributed by atoms with van der Waals surface area (Å²) in [6, 6.07) is 23.6. The molecule has 4 heteroatoms. The van der Waals surface area contributed by atoms with Crippen molar-refractivity contribution >= 4 is 0 Å². The number of aryl methyl sites for hydroxylation is 1. The van der Waals surface area contributed by atoms with Gasteiger partial charge < -0.3 is 19.3 Å². The number of rotatable bonds is 9. The van der Waals surface area contributed by atoms with E-state index in [0.717, 1.165) is 16.7 Å². The Labute approximate surface area is 166 Å². The molecule has 146 valence electrons. The summed E-state index contributed by atoms with van der Waals surface area (Å²) in [5.74, 6) is 1.19. The lowest BCUT2D eigenvalue weighted by Gasteiger charge is -2.20. The first-order valence-corrected chi connectivity index (χ1v) is 9.33. The first-order chi connectivity index (χ1) is 13.7. The van der Waals surface area contributed by atoms with Crippen LogP contribution in [0.3, 0.4) is 0 Å².